The van der Waals surface area contributed by atoms with Crippen molar-refractivity contribution < 1.29 is 14.9 Å². The number of nitrogens with one attached hydrogen (secondary N) is 1. The number of aliphatic hydroxyl groups excluding tert-OH is 2. The number of hydrogen-bond donors (Lipinski definition) is 3. The van der Waals surface area contributed by atoms with E-state index in [2.05, 4.69) is 5.32 Å². The van der Waals surface area contributed by atoms with Crippen molar-refractivity contribution in [2.75, 3.05) is 39.5 Å². The van der Waals surface area contributed by atoms with E-state index in [1.54, 1.807) is 0 Å². The first kappa shape index (κ1) is 12.8. The van der Waals surface area contributed by atoms with Gasteiger partial charge in [-0.2, -0.15) is 0 Å². The Hall–Kier alpha value is -0.160. The van der Waals surface area contributed by atoms with Crippen LogP contribution in [-0.4, -0.2) is 49.7 Å². The van der Waals surface area contributed by atoms with E-state index >= 15 is 0 Å². The van der Waals surface area contributed by atoms with Gasteiger partial charge in [0.05, 0.1) is 13.2 Å². The monoisotopic (exact) mass is 191 g/mol. The summed E-state index contributed by atoms with van der Waals surface area (Å²) in [5.41, 5.74) is 0. The first-order chi connectivity index (χ1) is 6.31. The zero-order valence-corrected chi connectivity index (χ0v) is 8.33. The van der Waals surface area contributed by atoms with Crippen LogP contribution in [0, 0.1) is 5.92 Å². The van der Waals surface area contributed by atoms with Crippen LogP contribution in [0.2, 0.25) is 0 Å². The van der Waals surface area contributed by atoms with E-state index in [4.69, 9.17) is 14.9 Å². The zero-order chi connectivity index (χ0) is 9.94. The van der Waals surface area contributed by atoms with Gasteiger partial charge >= 0.3 is 0 Å². The molecule has 0 aromatic carbocycles. The third-order valence-corrected chi connectivity index (χ3v) is 1.68. The van der Waals surface area contributed by atoms with Crippen molar-refractivity contribution in [2.45, 2.75) is 13.3 Å². The van der Waals surface area contributed by atoms with Gasteiger partial charge in [0.25, 0.3) is 0 Å². The second-order valence-electron chi connectivity index (χ2n) is 3.18. The molecular formula is C9H21NO3. The first-order valence-corrected chi connectivity index (χ1v) is 4.81. The fourth-order valence-electron chi connectivity index (χ4n) is 0.879. The van der Waals surface area contributed by atoms with Crippen LogP contribution in [0.15, 0.2) is 0 Å². The van der Waals surface area contributed by atoms with Gasteiger partial charge in [0.2, 0.25) is 0 Å². The van der Waals surface area contributed by atoms with E-state index in [1.165, 1.54) is 0 Å². The third-order valence-electron chi connectivity index (χ3n) is 1.68. The van der Waals surface area contributed by atoms with Crippen molar-refractivity contribution in [1.82, 2.24) is 5.32 Å². The van der Waals surface area contributed by atoms with Crippen LogP contribution in [0.1, 0.15) is 13.3 Å². The van der Waals surface area contributed by atoms with Crippen LogP contribution >= 0.6 is 0 Å². The minimum Gasteiger partial charge on any atom is -0.396 e. The molecule has 0 saturated carbocycles. The largest absolute Gasteiger partial charge is 0.396 e. The smallest absolute Gasteiger partial charge is 0.0697 e. The van der Waals surface area contributed by atoms with Crippen molar-refractivity contribution in [3.8, 4) is 0 Å². The second-order valence-corrected chi connectivity index (χ2v) is 3.18. The van der Waals surface area contributed by atoms with Crippen molar-refractivity contribution in [2.24, 2.45) is 5.92 Å². The van der Waals surface area contributed by atoms with Crippen molar-refractivity contribution >= 4 is 0 Å². The Labute approximate surface area is 79.9 Å². The van der Waals surface area contributed by atoms with E-state index in [9.17, 15) is 0 Å². The van der Waals surface area contributed by atoms with Crippen molar-refractivity contribution in [1.29, 1.82) is 0 Å². The van der Waals surface area contributed by atoms with Gasteiger partial charge in [-0.1, -0.05) is 6.92 Å². The van der Waals surface area contributed by atoms with Crippen LogP contribution < -0.4 is 5.32 Å². The van der Waals surface area contributed by atoms with Crippen LogP contribution in [-0.2, 0) is 4.74 Å². The lowest BCUT2D eigenvalue weighted by molar-refractivity contribution is 0.0905. The molecule has 3 N–H and O–H groups in total. The Kier molecular flexibility index (Phi) is 9.80. The Balaban J connectivity index is 2.91. The summed E-state index contributed by atoms with van der Waals surface area (Å²) in [6.07, 6.45) is 0.943. The number of rotatable bonds is 9. The lowest BCUT2D eigenvalue weighted by Crippen LogP contribution is -2.24. The first-order valence-electron chi connectivity index (χ1n) is 4.81. The van der Waals surface area contributed by atoms with Crippen LogP contribution in [0.3, 0.4) is 0 Å². The quantitative estimate of drug-likeness (QED) is 0.434. The fraction of sp³-hybridized carbons (Fsp3) is 1.00. The molecule has 0 bridgehead atoms. The predicted octanol–water partition coefficient (Wildman–Crippen LogP) is -0.397. The van der Waals surface area contributed by atoms with Crippen LogP contribution in [0.25, 0.3) is 0 Å². The molecule has 0 fully saturated rings. The molecule has 0 aliphatic carbocycles. The maximum Gasteiger partial charge on any atom is 0.0697 e. The summed E-state index contributed by atoms with van der Waals surface area (Å²) in [5.74, 6) is 0.318. The van der Waals surface area contributed by atoms with Crippen molar-refractivity contribution in [3.05, 3.63) is 0 Å². The third kappa shape index (κ3) is 9.76. The van der Waals surface area contributed by atoms with E-state index in [1.807, 2.05) is 6.92 Å². The summed E-state index contributed by atoms with van der Waals surface area (Å²) in [4.78, 5) is 0. The average molecular weight is 191 g/mol. The molecule has 0 heterocycles. The van der Waals surface area contributed by atoms with Gasteiger partial charge in [-0.15, -0.1) is 0 Å². The molecule has 0 spiro atoms. The highest BCUT2D eigenvalue weighted by atomic mass is 16.5. The molecule has 0 amide bonds. The SMILES string of the molecule is CC(CO)CNCCCOCCO. The summed E-state index contributed by atoms with van der Waals surface area (Å²) in [6.45, 7) is 5.17. The zero-order valence-electron chi connectivity index (χ0n) is 8.33. The molecule has 1 atom stereocenters. The molecule has 0 aliphatic rings. The molecule has 4 nitrogen and oxygen atoms in total. The maximum absolute atomic E-state index is 8.71. The van der Waals surface area contributed by atoms with Gasteiger partial charge in [-0.05, 0) is 25.4 Å². The minimum absolute atomic E-state index is 0.0922. The van der Waals surface area contributed by atoms with Gasteiger partial charge in [-0.3, -0.25) is 0 Å². The Bertz CT molecular complexity index is 101. The maximum atomic E-state index is 8.71. The topological polar surface area (TPSA) is 61.7 Å². The number of ether oxygens (including phenoxy) is 1. The van der Waals surface area contributed by atoms with Gasteiger partial charge in [0.1, 0.15) is 0 Å². The summed E-state index contributed by atoms with van der Waals surface area (Å²) < 4.78 is 5.08. The Morgan fingerprint density at radius 3 is 2.69 bits per heavy atom. The van der Waals surface area contributed by atoms with Crippen molar-refractivity contribution in [3.63, 3.8) is 0 Å². The predicted molar refractivity (Wildman–Crippen MR) is 51.6 cm³/mol. The summed E-state index contributed by atoms with van der Waals surface area (Å²) in [6, 6.07) is 0. The molecule has 0 radical (unpaired) electrons. The molecule has 4 heteroatoms. The fourth-order valence-corrected chi connectivity index (χ4v) is 0.879. The lowest BCUT2D eigenvalue weighted by atomic mass is 10.2. The van der Waals surface area contributed by atoms with Gasteiger partial charge in [-0.25, -0.2) is 0 Å². The lowest BCUT2D eigenvalue weighted by Gasteiger charge is -2.09. The normalized spacial score (nSPS) is 13.2. The summed E-state index contributed by atoms with van der Waals surface area (Å²) in [5, 5.41) is 20.3. The number of hydrogen-bond acceptors (Lipinski definition) is 4. The highest BCUT2D eigenvalue weighted by Gasteiger charge is 1.97. The Morgan fingerprint density at radius 2 is 2.08 bits per heavy atom. The molecule has 1 unspecified atom stereocenters. The van der Waals surface area contributed by atoms with Crippen LogP contribution in [0.4, 0.5) is 0 Å². The Morgan fingerprint density at radius 1 is 1.31 bits per heavy atom. The molecule has 13 heavy (non-hydrogen) atoms. The van der Waals surface area contributed by atoms with Gasteiger partial charge in [0, 0.05) is 13.2 Å². The number of aliphatic hydroxyl groups is 2. The average Bonchev–Trinajstić information content (AvgIpc) is 2.16. The standard InChI is InChI=1S/C9H21NO3/c1-9(8-12)7-10-3-2-5-13-6-4-11/h9-12H,2-8H2,1H3. The van der Waals surface area contributed by atoms with E-state index < -0.39 is 0 Å². The molecule has 0 rings (SSSR count). The molecule has 0 saturated heterocycles. The molecule has 0 aliphatic heterocycles. The summed E-state index contributed by atoms with van der Waals surface area (Å²) >= 11 is 0. The second kappa shape index (κ2) is 9.92. The molecule has 0 aromatic heterocycles. The van der Waals surface area contributed by atoms with E-state index in [0.717, 1.165) is 19.5 Å². The van der Waals surface area contributed by atoms with Crippen LogP contribution in [0.5, 0.6) is 0 Å². The molecule has 80 valence electrons. The molecule has 0 aromatic rings. The van der Waals surface area contributed by atoms with Gasteiger partial charge < -0.3 is 20.3 Å². The summed E-state index contributed by atoms with van der Waals surface area (Å²) in [7, 11) is 0. The van der Waals surface area contributed by atoms with E-state index in [0.29, 0.717) is 19.1 Å². The van der Waals surface area contributed by atoms with Gasteiger partial charge in [0.15, 0.2) is 0 Å². The minimum atomic E-state index is 0.0922. The van der Waals surface area contributed by atoms with E-state index in [-0.39, 0.29) is 13.2 Å². The highest BCUT2D eigenvalue weighted by molar-refractivity contribution is 4.54. The molecular weight excluding hydrogens is 170 g/mol. The highest BCUT2D eigenvalue weighted by Crippen LogP contribution is 1.88.